The molecular formula is C23H40IN5O. The Hall–Kier alpha value is -1.35. The molecule has 170 valence electrons. The van der Waals surface area contributed by atoms with Crippen LogP contribution in [0.15, 0.2) is 29.3 Å². The highest BCUT2D eigenvalue weighted by Gasteiger charge is 2.27. The first-order valence-corrected chi connectivity index (χ1v) is 10.9. The van der Waals surface area contributed by atoms with E-state index in [1.54, 1.807) is 19.0 Å². The van der Waals surface area contributed by atoms with Crippen molar-refractivity contribution in [2.45, 2.75) is 52.0 Å². The average molecular weight is 530 g/mol. The summed E-state index contributed by atoms with van der Waals surface area (Å²) >= 11 is 0. The van der Waals surface area contributed by atoms with Gasteiger partial charge in [0.1, 0.15) is 0 Å². The van der Waals surface area contributed by atoms with Crippen molar-refractivity contribution in [1.82, 2.24) is 20.4 Å². The quantitative estimate of drug-likeness (QED) is 0.308. The number of hydrogen-bond acceptors (Lipinski definition) is 3. The fraction of sp³-hybridized carbons (Fsp3) is 0.652. The molecule has 0 radical (unpaired) electrons. The molecule has 1 amide bonds. The Bertz CT molecular complexity index is 684. The van der Waals surface area contributed by atoms with Crippen LogP contribution < -0.4 is 10.6 Å². The fourth-order valence-electron chi connectivity index (χ4n) is 3.66. The third-order valence-corrected chi connectivity index (χ3v) is 5.47. The third-order valence-electron chi connectivity index (χ3n) is 5.47. The topological polar surface area (TPSA) is 60.0 Å². The lowest BCUT2D eigenvalue weighted by Crippen LogP contribution is -2.49. The van der Waals surface area contributed by atoms with Crippen LogP contribution in [0.2, 0.25) is 0 Å². The summed E-state index contributed by atoms with van der Waals surface area (Å²) in [5.41, 5.74) is 1.95. The molecule has 1 fully saturated rings. The van der Waals surface area contributed by atoms with E-state index in [1.165, 1.54) is 32.4 Å². The zero-order chi connectivity index (χ0) is 21.3. The molecular weight excluding hydrogens is 489 g/mol. The van der Waals surface area contributed by atoms with Crippen LogP contribution in [0, 0.1) is 0 Å². The minimum absolute atomic E-state index is 0. The molecule has 30 heavy (non-hydrogen) atoms. The molecule has 0 bridgehead atoms. The van der Waals surface area contributed by atoms with E-state index >= 15 is 0 Å². The molecule has 0 atom stereocenters. The Kier molecular flexibility index (Phi) is 11.7. The van der Waals surface area contributed by atoms with Crippen molar-refractivity contribution in [2.24, 2.45) is 4.99 Å². The van der Waals surface area contributed by atoms with Crippen molar-refractivity contribution >= 4 is 35.8 Å². The average Bonchev–Trinajstić information content (AvgIpc) is 2.72. The highest BCUT2D eigenvalue weighted by atomic mass is 127. The van der Waals surface area contributed by atoms with E-state index in [-0.39, 0.29) is 35.4 Å². The summed E-state index contributed by atoms with van der Waals surface area (Å²) < 4.78 is 0. The number of carbonyl (C=O) groups is 1. The van der Waals surface area contributed by atoms with E-state index in [4.69, 9.17) is 4.99 Å². The summed E-state index contributed by atoms with van der Waals surface area (Å²) in [6, 6.07) is 7.87. The number of nitrogens with one attached hydrogen (secondary N) is 2. The lowest BCUT2D eigenvalue weighted by molar-refractivity contribution is 0.0827. The highest BCUT2D eigenvalue weighted by Crippen LogP contribution is 2.20. The number of aliphatic imine (C=N–C) groups is 1. The molecule has 1 aromatic rings. The maximum absolute atomic E-state index is 12.2. The summed E-state index contributed by atoms with van der Waals surface area (Å²) in [5, 5.41) is 6.79. The molecule has 0 unspecified atom stereocenters. The second-order valence-electron chi connectivity index (χ2n) is 8.63. The van der Waals surface area contributed by atoms with E-state index in [2.05, 4.69) is 42.4 Å². The van der Waals surface area contributed by atoms with E-state index < -0.39 is 0 Å². The maximum Gasteiger partial charge on any atom is 0.253 e. The Morgan fingerprint density at radius 2 is 1.87 bits per heavy atom. The Labute approximate surface area is 199 Å². The summed E-state index contributed by atoms with van der Waals surface area (Å²) in [4.78, 5) is 21.2. The molecule has 0 aromatic heterocycles. The van der Waals surface area contributed by atoms with Gasteiger partial charge < -0.3 is 15.5 Å². The number of likely N-dealkylation sites (tertiary alicyclic amines) is 1. The Morgan fingerprint density at radius 1 is 1.17 bits per heavy atom. The van der Waals surface area contributed by atoms with Gasteiger partial charge >= 0.3 is 0 Å². The van der Waals surface area contributed by atoms with Crippen LogP contribution in [0.5, 0.6) is 0 Å². The zero-order valence-corrected chi connectivity index (χ0v) is 21.7. The molecule has 2 N–H and O–H groups in total. The first-order chi connectivity index (χ1) is 13.8. The Morgan fingerprint density at radius 3 is 2.50 bits per heavy atom. The molecule has 1 heterocycles. The van der Waals surface area contributed by atoms with Crippen molar-refractivity contribution in [3.8, 4) is 0 Å². The number of benzene rings is 1. The first-order valence-electron chi connectivity index (χ1n) is 10.9. The predicted molar refractivity (Wildman–Crippen MR) is 137 cm³/mol. The monoisotopic (exact) mass is 529 g/mol. The smallest absolute Gasteiger partial charge is 0.253 e. The molecule has 0 saturated carbocycles. The van der Waals surface area contributed by atoms with Gasteiger partial charge in [0.05, 0.1) is 6.54 Å². The minimum Gasteiger partial charge on any atom is -0.357 e. The summed E-state index contributed by atoms with van der Waals surface area (Å²) in [6.45, 7) is 11.4. The van der Waals surface area contributed by atoms with E-state index in [0.717, 1.165) is 43.1 Å². The maximum atomic E-state index is 12.2. The van der Waals surface area contributed by atoms with E-state index in [9.17, 15) is 4.79 Å². The molecule has 1 aliphatic rings. The number of nitrogens with zero attached hydrogens (tertiary/aromatic N) is 3. The van der Waals surface area contributed by atoms with Crippen LogP contribution in [-0.4, -0.2) is 74.0 Å². The molecule has 0 spiro atoms. The van der Waals surface area contributed by atoms with Gasteiger partial charge in [0.15, 0.2) is 5.96 Å². The van der Waals surface area contributed by atoms with E-state index in [0.29, 0.717) is 0 Å². The van der Waals surface area contributed by atoms with Gasteiger partial charge in [-0.3, -0.25) is 14.7 Å². The molecule has 1 saturated heterocycles. The van der Waals surface area contributed by atoms with Crippen LogP contribution in [0.1, 0.15) is 56.0 Å². The van der Waals surface area contributed by atoms with Gasteiger partial charge in [0.25, 0.3) is 5.91 Å². The standard InChI is InChI=1S/C23H39N5O.HI/c1-6-24-22(26-18-23(2,3)28-15-8-7-9-16-28)25-14-13-19-11-10-12-20(17-19)21(29)27(4)5;/h10-12,17H,6-9,13-16,18H2,1-5H3,(H2,24,25,26);1H. The minimum atomic E-state index is 0. The van der Waals surface area contributed by atoms with Crippen molar-refractivity contribution < 1.29 is 4.79 Å². The van der Waals surface area contributed by atoms with Crippen molar-refractivity contribution in [1.29, 1.82) is 0 Å². The van der Waals surface area contributed by atoms with Gasteiger partial charge in [-0.25, -0.2) is 0 Å². The molecule has 1 aliphatic heterocycles. The second kappa shape index (κ2) is 13.1. The lowest BCUT2D eigenvalue weighted by atomic mass is 9.99. The zero-order valence-electron chi connectivity index (χ0n) is 19.3. The van der Waals surface area contributed by atoms with Crippen molar-refractivity contribution in [3.05, 3.63) is 35.4 Å². The number of guanidine groups is 1. The SMILES string of the molecule is CCNC(=NCC(C)(C)N1CCCCC1)NCCc1cccc(C(=O)N(C)C)c1.I. The molecule has 7 heteroatoms. The number of rotatable bonds is 8. The molecule has 0 aliphatic carbocycles. The fourth-order valence-corrected chi connectivity index (χ4v) is 3.66. The van der Waals surface area contributed by atoms with Crippen molar-refractivity contribution in [2.75, 3.05) is 46.8 Å². The van der Waals surface area contributed by atoms with Crippen LogP contribution in [0.3, 0.4) is 0 Å². The molecule has 6 nitrogen and oxygen atoms in total. The second-order valence-corrected chi connectivity index (χ2v) is 8.63. The Balaban J connectivity index is 0.00000450. The number of carbonyl (C=O) groups excluding carboxylic acids is 1. The van der Waals surface area contributed by atoms with Gasteiger partial charge in [0.2, 0.25) is 0 Å². The van der Waals surface area contributed by atoms with Crippen LogP contribution >= 0.6 is 24.0 Å². The van der Waals surface area contributed by atoms with Crippen molar-refractivity contribution in [3.63, 3.8) is 0 Å². The number of amides is 1. The molecule has 1 aromatic carbocycles. The lowest BCUT2D eigenvalue weighted by Gasteiger charge is -2.40. The van der Waals surface area contributed by atoms with Gasteiger partial charge in [-0.05, 0) is 70.8 Å². The highest BCUT2D eigenvalue weighted by molar-refractivity contribution is 14.0. The number of piperidine rings is 1. The van der Waals surface area contributed by atoms with Gasteiger partial charge in [-0.1, -0.05) is 18.6 Å². The largest absolute Gasteiger partial charge is 0.357 e. The van der Waals surface area contributed by atoms with Crippen LogP contribution in [-0.2, 0) is 6.42 Å². The predicted octanol–water partition coefficient (Wildman–Crippen LogP) is 3.37. The summed E-state index contributed by atoms with van der Waals surface area (Å²) in [5.74, 6) is 0.896. The third kappa shape index (κ3) is 8.41. The molecule has 2 rings (SSSR count). The summed E-state index contributed by atoms with van der Waals surface area (Å²) in [6.07, 6.45) is 4.78. The first kappa shape index (κ1) is 26.7. The van der Waals surface area contributed by atoms with E-state index in [1.807, 2.05) is 18.2 Å². The van der Waals surface area contributed by atoms with Crippen LogP contribution in [0.4, 0.5) is 0 Å². The number of halogens is 1. The van der Waals surface area contributed by atoms with Gasteiger partial charge in [-0.2, -0.15) is 0 Å². The summed E-state index contributed by atoms with van der Waals surface area (Å²) in [7, 11) is 3.56. The van der Waals surface area contributed by atoms with Gasteiger partial charge in [0, 0.05) is 38.3 Å². The normalized spacial score (nSPS) is 15.3. The number of hydrogen-bond donors (Lipinski definition) is 2. The van der Waals surface area contributed by atoms with Crippen LogP contribution in [0.25, 0.3) is 0 Å². The van der Waals surface area contributed by atoms with Gasteiger partial charge in [-0.15, -0.1) is 24.0 Å².